The molecule has 3 aromatic rings. The van der Waals surface area contributed by atoms with Crippen molar-refractivity contribution in [2.45, 2.75) is 19.9 Å². The van der Waals surface area contributed by atoms with Gasteiger partial charge in [-0.3, -0.25) is 4.79 Å². The van der Waals surface area contributed by atoms with E-state index in [1.807, 2.05) is 48.5 Å². The smallest absolute Gasteiger partial charge is 0.255 e. The zero-order valence-corrected chi connectivity index (χ0v) is 15.5. The quantitative estimate of drug-likeness (QED) is 0.650. The van der Waals surface area contributed by atoms with Crippen LogP contribution < -0.4 is 15.4 Å². The normalized spacial score (nSPS) is 10.3. The van der Waals surface area contributed by atoms with E-state index in [9.17, 15) is 4.79 Å². The van der Waals surface area contributed by atoms with Gasteiger partial charge in [0.2, 0.25) is 0 Å². The zero-order valence-electron chi connectivity index (χ0n) is 15.5. The first kappa shape index (κ1) is 18.5. The maximum atomic E-state index is 12.5. The number of carbonyl (C=O) groups is 1. The molecule has 1 heterocycles. The molecule has 27 heavy (non-hydrogen) atoms. The minimum atomic E-state index is -0.165. The van der Waals surface area contributed by atoms with E-state index in [1.54, 1.807) is 25.4 Å². The monoisotopic (exact) mass is 361 g/mol. The highest BCUT2D eigenvalue weighted by Crippen LogP contribution is 2.19. The predicted molar refractivity (Wildman–Crippen MR) is 108 cm³/mol. The maximum Gasteiger partial charge on any atom is 0.255 e. The van der Waals surface area contributed by atoms with E-state index in [0.29, 0.717) is 17.9 Å². The van der Waals surface area contributed by atoms with Gasteiger partial charge < -0.3 is 15.4 Å². The van der Waals surface area contributed by atoms with Gasteiger partial charge in [-0.25, -0.2) is 4.98 Å². The number of anilines is 2. The Balaban J connectivity index is 1.66. The van der Waals surface area contributed by atoms with Crippen LogP contribution in [0.2, 0.25) is 0 Å². The van der Waals surface area contributed by atoms with E-state index in [1.165, 1.54) is 5.56 Å². The molecule has 1 aromatic heterocycles. The molecule has 0 radical (unpaired) electrons. The first-order chi connectivity index (χ1) is 13.2. The Bertz CT molecular complexity index is 907. The third kappa shape index (κ3) is 4.85. The number of aromatic nitrogens is 1. The number of hydrogen-bond donors (Lipinski definition) is 2. The second kappa shape index (κ2) is 8.85. The Labute approximate surface area is 159 Å². The molecule has 0 bridgehead atoms. The van der Waals surface area contributed by atoms with Crippen LogP contribution in [0.1, 0.15) is 28.4 Å². The van der Waals surface area contributed by atoms with Gasteiger partial charge in [-0.05, 0) is 42.3 Å². The van der Waals surface area contributed by atoms with E-state index in [2.05, 4.69) is 22.5 Å². The van der Waals surface area contributed by atoms with Gasteiger partial charge in [-0.1, -0.05) is 37.3 Å². The molecule has 3 rings (SSSR count). The third-order valence-electron chi connectivity index (χ3n) is 4.29. The molecule has 0 unspecified atom stereocenters. The van der Waals surface area contributed by atoms with Gasteiger partial charge in [0, 0.05) is 29.6 Å². The van der Waals surface area contributed by atoms with Crippen molar-refractivity contribution in [3.05, 3.63) is 83.6 Å². The summed E-state index contributed by atoms with van der Waals surface area (Å²) < 4.78 is 5.35. The van der Waals surface area contributed by atoms with Crippen molar-refractivity contribution in [1.29, 1.82) is 0 Å². The molecular formula is C22H23N3O2. The number of ether oxygens (including phenoxy) is 1. The molecule has 5 heteroatoms. The zero-order chi connectivity index (χ0) is 19.1. The number of amides is 1. The van der Waals surface area contributed by atoms with Crippen LogP contribution in [-0.2, 0) is 13.0 Å². The number of methoxy groups -OCH3 is 1. The highest BCUT2D eigenvalue weighted by Gasteiger charge is 2.08. The van der Waals surface area contributed by atoms with E-state index in [4.69, 9.17) is 4.74 Å². The first-order valence-corrected chi connectivity index (χ1v) is 8.91. The number of para-hydroxylation sites is 1. The van der Waals surface area contributed by atoms with Crippen LogP contribution in [0, 0.1) is 0 Å². The minimum Gasteiger partial charge on any atom is -0.496 e. The molecule has 2 aromatic carbocycles. The Kier molecular flexibility index (Phi) is 6.05. The van der Waals surface area contributed by atoms with Crippen molar-refractivity contribution in [3.8, 4) is 5.75 Å². The summed E-state index contributed by atoms with van der Waals surface area (Å²) in [6.07, 6.45) is 2.60. The second-order valence-corrected chi connectivity index (χ2v) is 6.10. The van der Waals surface area contributed by atoms with E-state index < -0.39 is 0 Å². The summed E-state index contributed by atoms with van der Waals surface area (Å²) in [5.74, 6) is 1.28. The van der Waals surface area contributed by atoms with E-state index in [0.717, 1.165) is 23.4 Å². The number of rotatable bonds is 7. The van der Waals surface area contributed by atoms with Crippen molar-refractivity contribution in [2.24, 2.45) is 0 Å². The highest BCUT2D eigenvalue weighted by molar-refractivity contribution is 6.04. The lowest BCUT2D eigenvalue weighted by Gasteiger charge is -2.11. The Morgan fingerprint density at radius 3 is 2.59 bits per heavy atom. The van der Waals surface area contributed by atoms with Crippen LogP contribution in [0.4, 0.5) is 11.5 Å². The molecule has 0 saturated heterocycles. The van der Waals surface area contributed by atoms with Crippen molar-refractivity contribution in [1.82, 2.24) is 4.98 Å². The van der Waals surface area contributed by atoms with E-state index >= 15 is 0 Å². The lowest BCUT2D eigenvalue weighted by molar-refractivity contribution is 0.102. The Morgan fingerprint density at radius 1 is 1.07 bits per heavy atom. The number of hydrogen-bond acceptors (Lipinski definition) is 4. The molecule has 138 valence electrons. The second-order valence-electron chi connectivity index (χ2n) is 6.10. The van der Waals surface area contributed by atoms with Crippen molar-refractivity contribution in [3.63, 3.8) is 0 Å². The molecule has 0 spiro atoms. The molecule has 0 atom stereocenters. The number of benzene rings is 2. The van der Waals surface area contributed by atoms with Crippen molar-refractivity contribution in [2.75, 3.05) is 17.7 Å². The van der Waals surface area contributed by atoms with Gasteiger partial charge in [-0.15, -0.1) is 0 Å². The maximum absolute atomic E-state index is 12.5. The number of carbonyl (C=O) groups excluding carboxylic acids is 1. The lowest BCUT2D eigenvalue weighted by atomic mass is 10.1. The first-order valence-electron chi connectivity index (χ1n) is 8.91. The molecule has 0 aliphatic rings. The molecule has 2 N–H and O–H groups in total. The number of nitrogens with one attached hydrogen (secondary N) is 2. The molecule has 1 amide bonds. The Morgan fingerprint density at radius 2 is 1.85 bits per heavy atom. The molecule has 0 saturated carbocycles. The van der Waals surface area contributed by atoms with Crippen LogP contribution in [0.3, 0.4) is 0 Å². The summed E-state index contributed by atoms with van der Waals surface area (Å²) in [6.45, 7) is 2.66. The molecule has 0 fully saturated rings. The van der Waals surface area contributed by atoms with Crippen LogP contribution in [-0.4, -0.2) is 18.0 Å². The van der Waals surface area contributed by atoms with Gasteiger partial charge >= 0.3 is 0 Å². The SMILES string of the molecule is CCc1ccc(NC(=O)c2ccnc(NCc3ccccc3OC)c2)cc1. The minimum absolute atomic E-state index is 0.165. The van der Waals surface area contributed by atoms with E-state index in [-0.39, 0.29) is 5.91 Å². The Hall–Kier alpha value is -3.34. The van der Waals surface area contributed by atoms with Crippen LogP contribution in [0.5, 0.6) is 5.75 Å². The summed E-state index contributed by atoms with van der Waals surface area (Å²) in [7, 11) is 1.65. The third-order valence-corrected chi connectivity index (χ3v) is 4.29. The summed E-state index contributed by atoms with van der Waals surface area (Å²) in [4.78, 5) is 16.8. The van der Waals surface area contributed by atoms with Crippen molar-refractivity contribution < 1.29 is 9.53 Å². The summed E-state index contributed by atoms with van der Waals surface area (Å²) >= 11 is 0. The molecule has 5 nitrogen and oxygen atoms in total. The summed E-state index contributed by atoms with van der Waals surface area (Å²) in [6, 6.07) is 19.1. The van der Waals surface area contributed by atoms with Crippen molar-refractivity contribution >= 4 is 17.4 Å². The van der Waals surface area contributed by atoms with Crippen LogP contribution in [0.25, 0.3) is 0 Å². The molecule has 0 aliphatic heterocycles. The average molecular weight is 361 g/mol. The fraction of sp³-hybridized carbons (Fsp3) is 0.182. The average Bonchev–Trinajstić information content (AvgIpc) is 2.73. The molecular weight excluding hydrogens is 338 g/mol. The number of nitrogens with zero attached hydrogens (tertiary/aromatic N) is 1. The lowest BCUT2D eigenvalue weighted by Crippen LogP contribution is -2.13. The van der Waals surface area contributed by atoms with Gasteiger partial charge in [0.05, 0.1) is 7.11 Å². The van der Waals surface area contributed by atoms with Gasteiger partial charge in [-0.2, -0.15) is 0 Å². The van der Waals surface area contributed by atoms with Gasteiger partial charge in [0.25, 0.3) is 5.91 Å². The fourth-order valence-electron chi connectivity index (χ4n) is 2.73. The predicted octanol–water partition coefficient (Wildman–Crippen LogP) is 4.52. The standard InChI is InChI=1S/C22H23N3O2/c1-3-16-8-10-19(11-9-16)25-22(26)17-12-13-23-21(14-17)24-15-18-6-4-5-7-20(18)27-2/h4-14H,3,15H2,1-2H3,(H,23,24)(H,25,26). The van der Waals surface area contributed by atoms with Gasteiger partial charge in [0.15, 0.2) is 0 Å². The van der Waals surface area contributed by atoms with Crippen LogP contribution >= 0.6 is 0 Å². The fourth-order valence-corrected chi connectivity index (χ4v) is 2.73. The van der Waals surface area contributed by atoms with Crippen LogP contribution in [0.15, 0.2) is 66.9 Å². The molecule has 0 aliphatic carbocycles. The highest BCUT2D eigenvalue weighted by atomic mass is 16.5. The van der Waals surface area contributed by atoms with Gasteiger partial charge in [0.1, 0.15) is 11.6 Å². The summed E-state index contributed by atoms with van der Waals surface area (Å²) in [5, 5.41) is 6.15. The number of aryl methyl sites for hydroxylation is 1. The topological polar surface area (TPSA) is 63.2 Å². The number of pyridine rings is 1. The largest absolute Gasteiger partial charge is 0.496 e. The summed E-state index contributed by atoms with van der Waals surface area (Å²) in [5.41, 5.74) is 3.58.